The summed E-state index contributed by atoms with van der Waals surface area (Å²) in [6.45, 7) is 4.07. The quantitative estimate of drug-likeness (QED) is 0.163. The molecule has 1 aromatic heterocycles. The second-order valence-electron chi connectivity index (χ2n) is 12.1. The van der Waals surface area contributed by atoms with Crippen LogP contribution in [0, 0.1) is 41.6 Å². The number of nitrogens with one attached hydrogen (secondary N) is 1. The SMILES string of the molecule is COC(=O)C1=C(C)N(c2cc(F)c(F)c(C)c2F)c2n[nH]c(=O)n2C1c1ccc(C#N)cc1CCC[N+](C)(C)CC1CC1.O=C[O-]. The van der Waals surface area contributed by atoms with Gasteiger partial charge >= 0.3 is 11.7 Å². The van der Waals surface area contributed by atoms with Gasteiger partial charge in [-0.15, -0.1) is 5.10 Å². The van der Waals surface area contributed by atoms with Crippen LogP contribution < -0.4 is 15.7 Å². The molecular formula is C32H35F3N6O5. The second-order valence-corrected chi connectivity index (χ2v) is 12.1. The summed E-state index contributed by atoms with van der Waals surface area (Å²) in [5, 5.41) is 24.4. The van der Waals surface area contributed by atoms with Gasteiger partial charge in [0.1, 0.15) is 6.04 Å². The Bertz CT molecular complexity index is 1790. The average Bonchev–Trinajstić information content (AvgIpc) is 3.75. The van der Waals surface area contributed by atoms with Gasteiger partial charge in [-0.2, -0.15) is 5.26 Å². The molecule has 244 valence electrons. The van der Waals surface area contributed by atoms with Gasteiger partial charge in [-0.25, -0.2) is 32.4 Å². The molecule has 1 unspecified atom stereocenters. The summed E-state index contributed by atoms with van der Waals surface area (Å²) in [7, 11) is 5.57. The molecule has 0 saturated heterocycles. The highest BCUT2D eigenvalue weighted by atomic mass is 19.2. The lowest BCUT2D eigenvalue weighted by molar-refractivity contribution is -0.892. The van der Waals surface area contributed by atoms with Crippen LogP contribution in [0.1, 0.15) is 54.5 Å². The largest absolute Gasteiger partial charge is 0.554 e. The molecule has 11 nitrogen and oxygen atoms in total. The number of methoxy groups -OCH3 is 1. The van der Waals surface area contributed by atoms with Gasteiger partial charge in [-0.3, -0.25) is 4.90 Å². The molecule has 0 spiro atoms. The first-order valence-electron chi connectivity index (χ1n) is 14.6. The lowest BCUT2D eigenvalue weighted by Gasteiger charge is -2.36. The monoisotopic (exact) mass is 640 g/mol. The number of hydrogen-bond acceptors (Lipinski definition) is 8. The fraction of sp³-hybridized carbons (Fsp3) is 0.406. The van der Waals surface area contributed by atoms with Crippen molar-refractivity contribution in [3.05, 3.63) is 85.7 Å². The Morgan fingerprint density at radius 3 is 2.50 bits per heavy atom. The van der Waals surface area contributed by atoms with Gasteiger partial charge in [-0.05, 0) is 56.4 Å². The van der Waals surface area contributed by atoms with Crippen molar-refractivity contribution in [2.75, 3.05) is 39.2 Å². The van der Waals surface area contributed by atoms with Crippen molar-refractivity contribution >= 4 is 24.1 Å². The molecule has 2 aliphatic rings. The Kier molecular flexibility index (Phi) is 10.1. The van der Waals surface area contributed by atoms with Crippen LogP contribution in [0.4, 0.5) is 24.8 Å². The Morgan fingerprint density at radius 1 is 1.22 bits per heavy atom. The maximum atomic E-state index is 15.5. The lowest BCUT2D eigenvalue weighted by Crippen LogP contribution is -2.42. The summed E-state index contributed by atoms with van der Waals surface area (Å²) in [5.41, 5.74) is 0.139. The number of halogens is 3. The molecule has 2 heterocycles. The van der Waals surface area contributed by atoms with Gasteiger partial charge in [0, 0.05) is 36.1 Å². The summed E-state index contributed by atoms with van der Waals surface area (Å²) in [6.07, 6.45) is 3.85. The van der Waals surface area contributed by atoms with Gasteiger partial charge in [0.2, 0.25) is 5.95 Å². The van der Waals surface area contributed by atoms with Crippen LogP contribution in [-0.4, -0.2) is 66.0 Å². The van der Waals surface area contributed by atoms with E-state index in [1.54, 1.807) is 18.2 Å². The van der Waals surface area contributed by atoms with Crippen molar-refractivity contribution in [2.45, 2.75) is 45.6 Å². The number of aryl methyl sites for hydroxylation is 1. The smallest absolute Gasteiger partial charge is 0.345 e. The van der Waals surface area contributed by atoms with Gasteiger partial charge in [0.15, 0.2) is 17.5 Å². The summed E-state index contributed by atoms with van der Waals surface area (Å²) in [6, 6.07) is 6.80. The van der Waals surface area contributed by atoms with E-state index >= 15 is 4.39 Å². The molecule has 0 radical (unpaired) electrons. The standard InChI is InChI=1S/C31H33F3N6O3.CH2O2/c1-17-26(33)23(32)14-24(27(17)34)38-18(2)25(29(41)43-5)28(39-30(38)36-37-31(39)42)22-11-10-20(15-35)13-21(22)7-6-12-40(3,4)16-19-8-9-19;2-1-3/h10-11,13-14,19,28H,6-9,12,16H2,1-5H3;1H,(H,2,3). The van der Waals surface area contributed by atoms with E-state index in [-0.39, 0.29) is 17.2 Å². The molecule has 0 bridgehead atoms. The molecular weight excluding hydrogens is 605 g/mol. The summed E-state index contributed by atoms with van der Waals surface area (Å²) < 4.78 is 51.4. The molecule has 3 aromatic rings. The first-order chi connectivity index (χ1) is 21.8. The minimum absolute atomic E-state index is 0.0175. The normalized spacial score (nSPS) is 15.9. The zero-order valence-corrected chi connectivity index (χ0v) is 26.2. The molecule has 1 saturated carbocycles. The third-order valence-electron chi connectivity index (χ3n) is 8.37. The minimum Gasteiger partial charge on any atom is -0.554 e. The number of carbonyl (C=O) groups is 2. The van der Waals surface area contributed by atoms with Crippen LogP contribution in [0.25, 0.3) is 0 Å². The first-order valence-corrected chi connectivity index (χ1v) is 14.6. The van der Waals surface area contributed by atoms with Gasteiger partial charge in [0.25, 0.3) is 0 Å². The molecule has 1 aliphatic heterocycles. The van der Waals surface area contributed by atoms with E-state index in [1.807, 2.05) is 0 Å². The highest BCUT2D eigenvalue weighted by molar-refractivity contribution is 5.93. The van der Waals surface area contributed by atoms with Crippen molar-refractivity contribution in [1.29, 1.82) is 5.26 Å². The number of carboxylic acid groups (broad SMARTS) is 1. The number of nitriles is 1. The lowest BCUT2D eigenvalue weighted by atomic mass is 9.88. The molecule has 14 heteroatoms. The van der Waals surface area contributed by atoms with E-state index in [1.165, 1.54) is 31.4 Å². The number of esters is 1. The molecule has 1 fully saturated rings. The number of aromatic amines is 1. The number of carbonyl (C=O) groups excluding carboxylic acids is 2. The molecule has 1 N–H and O–H groups in total. The number of rotatable bonds is 9. The van der Waals surface area contributed by atoms with Gasteiger partial charge < -0.3 is 19.1 Å². The average molecular weight is 641 g/mol. The van der Waals surface area contributed by atoms with E-state index in [2.05, 4.69) is 30.4 Å². The number of anilines is 2. The Morgan fingerprint density at radius 2 is 1.89 bits per heavy atom. The number of aromatic nitrogens is 3. The van der Waals surface area contributed by atoms with E-state index in [4.69, 9.17) is 14.6 Å². The van der Waals surface area contributed by atoms with Crippen LogP contribution in [0.3, 0.4) is 0 Å². The maximum absolute atomic E-state index is 15.5. The number of ether oxygens (including phenoxy) is 1. The van der Waals surface area contributed by atoms with Crippen LogP contribution in [0.2, 0.25) is 0 Å². The second kappa shape index (κ2) is 13.6. The van der Waals surface area contributed by atoms with Crippen molar-refractivity contribution in [2.24, 2.45) is 5.92 Å². The fourth-order valence-corrected chi connectivity index (χ4v) is 6.06. The number of allylic oxidation sites excluding steroid dienone is 1. The number of nitrogens with zero attached hydrogens (tertiary/aromatic N) is 5. The van der Waals surface area contributed by atoms with Crippen LogP contribution in [0.15, 0.2) is 40.3 Å². The van der Waals surface area contributed by atoms with Crippen LogP contribution in [0.5, 0.6) is 0 Å². The topological polar surface area (TPSA) is 144 Å². The Labute approximate surface area is 263 Å². The van der Waals surface area contributed by atoms with Crippen molar-refractivity contribution in [3.63, 3.8) is 0 Å². The van der Waals surface area contributed by atoms with Crippen LogP contribution >= 0.6 is 0 Å². The number of quaternary nitrogens is 1. The van der Waals surface area contributed by atoms with Gasteiger partial charge in [0.05, 0.1) is 57.2 Å². The predicted molar refractivity (Wildman–Crippen MR) is 159 cm³/mol. The minimum atomic E-state index is -1.34. The summed E-state index contributed by atoms with van der Waals surface area (Å²) >= 11 is 0. The Hall–Kier alpha value is -4.90. The molecule has 0 amide bonds. The third-order valence-corrected chi connectivity index (χ3v) is 8.37. The first kappa shape index (κ1) is 34.0. The number of benzene rings is 2. The van der Waals surface area contributed by atoms with E-state index < -0.39 is 52.9 Å². The highest BCUT2D eigenvalue weighted by Crippen LogP contribution is 2.44. The third kappa shape index (κ3) is 6.69. The molecule has 2 aromatic carbocycles. The molecule has 5 rings (SSSR count). The van der Waals surface area contributed by atoms with E-state index in [9.17, 15) is 23.6 Å². The highest BCUT2D eigenvalue weighted by Gasteiger charge is 2.41. The summed E-state index contributed by atoms with van der Waals surface area (Å²) in [4.78, 5) is 36.1. The molecule has 1 aliphatic carbocycles. The zero-order chi connectivity index (χ0) is 33.9. The van der Waals surface area contributed by atoms with E-state index in [0.717, 1.165) is 47.3 Å². The number of hydrogen-bond donors (Lipinski definition) is 1. The summed E-state index contributed by atoms with van der Waals surface area (Å²) in [5.74, 6) is -3.89. The van der Waals surface area contributed by atoms with E-state index in [0.29, 0.717) is 23.6 Å². The number of fused-ring (bicyclic) bond motifs is 1. The molecule has 1 atom stereocenters. The van der Waals surface area contributed by atoms with Gasteiger partial charge in [-0.1, -0.05) is 6.07 Å². The maximum Gasteiger partial charge on any atom is 0.345 e. The fourth-order valence-electron chi connectivity index (χ4n) is 6.06. The zero-order valence-electron chi connectivity index (χ0n) is 26.2. The molecule has 46 heavy (non-hydrogen) atoms. The van der Waals surface area contributed by atoms with Crippen molar-refractivity contribution < 1.29 is 37.1 Å². The van der Waals surface area contributed by atoms with Crippen molar-refractivity contribution in [1.82, 2.24) is 14.8 Å². The van der Waals surface area contributed by atoms with Crippen molar-refractivity contribution in [3.8, 4) is 6.07 Å². The Balaban J connectivity index is 0.00000154. The van der Waals surface area contributed by atoms with Crippen LogP contribution in [-0.2, 0) is 20.7 Å². The predicted octanol–water partition coefficient (Wildman–Crippen LogP) is 3.14. The number of H-pyrrole nitrogens is 1.